The Morgan fingerprint density at radius 3 is 2.85 bits per heavy atom. The van der Waals surface area contributed by atoms with E-state index in [9.17, 15) is 8.42 Å². The first-order chi connectivity index (χ1) is 12.5. The number of anilines is 1. The summed E-state index contributed by atoms with van der Waals surface area (Å²) in [5.74, 6) is 1.04. The number of hydrogen-bond acceptors (Lipinski definition) is 5. The van der Waals surface area contributed by atoms with Crippen molar-refractivity contribution in [1.29, 1.82) is 5.26 Å². The Morgan fingerprint density at radius 2 is 2.08 bits per heavy atom. The highest BCUT2D eigenvalue weighted by molar-refractivity contribution is 7.89. The summed E-state index contributed by atoms with van der Waals surface area (Å²) < 4.78 is 33.0. The largest absolute Gasteiger partial charge is 0.495 e. The lowest BCUT2D eigenvalue weighted by molar-refractivity contribution is 0.414. The molecular weight excluding hydrogens is 350 g/mol. The monoisotopic (exact) mass is 371 g/mol. The number of methoxy groups -OCH3 is 1. The molecule has 1 unspecified atom stereocenters. The lowest BCUT2D eigenvalue weighted by Crippen LogP contribution is -2.31. The second-order valence-corrected chi connectivity index (χ2v) is 8.03. The molecular formula is C19H21N3O3S. The van der Waals surface area contributed by atoms with E-state index in [4.69, 9.17) is 10.00 Å². The molecule has 2 aromatic rings. The van der Waals surface area contributed by atoms with Gasteiger partial charge in [0.05, 0.1) is 29.3 Å². The molecule has 2 aromatic carbocycles. The Morgan fingerprint density at radius 1 is 1.27 bits per heavy atom. The van der Waals surface area contributed by atoms with E-state index in [-0.39, 0.29) is 10.8 Å². The van der Waals surface area contributed by atoms with E-state index in [1.807, 2.05) is 30.3 Å². The molecule has 6 nitrogen and oxygen atoms in total. The number of ether oxygens (including phenoxy) is 1. The maximum absolute atomic E-state index is 12.5. The van der Waals surface area contributed by atoms with E-state index in [0.717, 1.165) is 30.9 Å². The van der Waals surface area contributed by atoms with Gasteiger partial charge in [-0.05, 0) is 42.7 Å². The molecule has 3 rings (SSSR count). The number of nitriles is 1. The zero-order valence-corrected chi connectivity index (χ0v) is 15.4. The number of benzene rings is 2. The highest BCUT2D eigenvalue weighted by Crippen LogP contribution is 2.31. The number of hydrogen-bond donors (Lipinski definition) is 1. The number of nitrogens with zero attached hydrogens (tertiary/aromatic N) is 2. The molecule has 0 spiro atoms. The van der Waals surface area contributed by atoms with Crippen LogP contribution < -0.4 is 14.4 Å². The summed E-state index contributed by atoms with van der Waals surface area (Å²) in [4.78, 5) is 2.34. The Bertz CT molecular complexity index is 922. The maximum Gasteiger partial charge on any atom is 0.240 e. The van der Waals surface area contributed by atoms with Crippen molar-refractivity contribution in [2.45, 2.75) is 11.3 Å². The van der Waals surface area contributed by atoms with Gasteiger partial charge in [0, 0.05) is 19.6 Å². The molecule has 0 aromatic heterocycles. The van der Waals surface area contributed by atoms with Crippen LogP contribution in [0.1, 0.15) is 12.0 Å². The van der Waals surface area contributed by atoms with Gasteiger partial charge in [-0.3, -0.25) is 0 Å². The molecule has 1 aliphatic heterocycles. The average Bonchev–Trinajstić information content (AvgIpc) is 3.15. The molecule has 7 heteroatoms. The van der Waals surface area contributed by atoms with Crippen molar-refractivity contribution in [3.8, 4) is 11.8 Å². The van der Waals surface area contributed by atoms with Crippen LogP contribution >= 0.6 is 0 Å². The Balaban J connectivity index is 1.63. The standard InChI is InChI=1S/C19H21N3O3S/c1-25-19-8-3-2-7-18(19)22-10-9-16(14-22)13-21-26(23,24)17-6-4-5-15(11-17)12-20/h2-8,11,16,21H,9-10,13-14H2,1H3. The van der Waals surface area contributed by atoms with Crippen LogP contribution in [0.3, 0.4) is 0 Å². The Kier molecular flexibility index (Phi) is 5.45. The van der Waals surface area contributed by atoms with Crippen molar-refractivity contribution in [3.63, 3.8) is 0 Å². The van der Waals surface area contributed by atoms with Gasteiger partial charge in [0.25, 0.3) is 0 Å². The predicted molar refractivity (Wildman–Crippen MR) is 99.7 cm³/mol. The van der Waals surface area contributed by atoms with Crippen LogP contribution in [-0.2, 0) is 10.0 Å². The van der Waals surface area contributed by atoms with Gasteiger partial charge in [0.1, 0.15) is 5.75 Å². The molecule has 0 radical (unpaired) electrons. The van der Waals surface area contributed by atoms with Gasteiger partial charge >= 0.3 is 0 Å². The van der Waals surface area contributed by atoms with E-state index in [2.05, 4.69) is 9.62 Å². The molecule has 0 aliphatic carbocycles. The SMILES string of the molecule is COc1ccccc1N1CCC(CNS(=O)(=O)c2cccc(C#N)c2)C1. The van der Waals surface area contributed by atoms with Crippen LogP contribution in [0.2, 0.25) is 0 Å². The highest BCUT2D eigenvalue weighted by atomic mass is 32.2. The number of rotatable bonds is 6. The third kappa shape index (κ3) is 3.98. The topological polar surface area (TPSA) is 82.4 Å². The summed E-state index contributed by atoms with van der Waals surface area (Å²) in [5.41, 5.74) is 1.36. The molecule has 0 amide bonds. The minimum absolute atomic E-state index is 0.121. The fourth-order valence-electron chi connectivity index (χ4n) is 3.15. The van der Waals surface area contributed by atoms with Crippen molar-refractivity contribution >= 4 is 15.7 Å². The molecule has 1 atom stereocenters. The molecule has 1 fully saturated rings. The summed E-state index contributed by atoms with van der Waals surface area (Å²) in [6.07, 6.45) is 0.902. The molecule has 0 bridgehead atoms. The minimum atomic E-state index is -3.62. The fraction of sp³-hybridized carbons (Fsp3) is 0.316. The van der Waals surface area contributed by atoms with Crippen molar-refractivity contribution in [1.82, 2.24) is 4.72 Å². The number of para-hydroxylation sites is 2. The van der Waals surface area contributed by atoms with Gasteiger partial charge in [-0.1, -0.05) is 18.2 Å². The second-order valence-electron chi connectivity index (χ2n) is 6.26. The van der Waals surface area contributed by atoms with Crippen LogP contribution in [0, 0.1) is 17.2 Å². The third-order valence-electron chi connectivity index (χ3n) is 4.55. The quantitative estimate of drug-likeness (QED) is 0.843. The van der Waals surface area contributed by atoms with Crippen LogP contribution in [0.4, 0.5) is 5.69 Å². The van der Waals surface area contributed by atoms with E-state index in [1.165, 1.54) is 12.1 Å². The average molecular weight is 371 g/mol. The van der Waals surface area contributed by atoms with Crippen LogP contribution in [0.15, 0.2) is 53.4 Å². The van der Waals surface area contributed by atoms with Crippen LogP contribution in [0.5, 0.6) is 5.75 Å². The summed E-state index contributed by atoms with van der Waals surface area (Å²) in [6.45, 7) is 1.99. The summed E-state index contributed by atoms with van der Waals surface area (Å²) in [6, 6.07) is 15.8. The zero-order chi connectivity index (χ0) is 18.6. The lowest BCUT2D eigenvalue weighted by atomic mass is 10.1. The zero-order valence-electron chi connectivity index (χ0n) is 14.6. The normalized spacial score (nSPS) is 17.1. The van der Waals surface area contributed by atoms with Gasteiger partial charge in [-0.2, -0.15) is 5.26 Å². The Hall–Kier alpha value is -2.56. The van der Waals surface area contributed by atoms with E-state index < -0.39 is 10.0 Å². The van der Waals surface area contributed by atoms with Crippen molar-refractivity contribution in [2.75, 3.05) is 31.6 Å². The number of sulfonamides is 1. The van der Waals surface area contributed by atoms with Gasteiger partial charge in [-0.15, -0.1) is 0 Å². The van der Waals surface area contributed by atoms with Crippen molar-refractivity contribution in [2.24, 2.45) is 5.92 Å². The van der Waals surface area contributed by atoms with Crippen molar-refractivity contribution < 1.29 is 13.2 Å². The third-order valence-corrected chi connectivity index (χ3v) is 5.97. The fourth-order valence-corrected chi connectivity index (χ4v) is 4.31. The van der Waals surface area contributed by atoms with E-state index in [1.54, 1.807) is 19.2 Å². The highest BCUT2D eigenvalue weighted by Gasteiger charge is 2.26. The molecule has 1 N–H and O–H groups in total. The summed E-state index contributed by atoms with van der Waals surface area (Å²) in [7, 11) is -1.97. The van der Waals surface area contributed by atoms with E-state index >= 15 is 0 Å². The van der Waals surface area contributed by atoms with Crippen LogP contribution in [0.25, 0.3) is 0 Å². The maximum atomic E-state index is 12.5. The van der Waals surface area contributed by atoms with Crippen LogP contribution in [-0.4, -0.2) is 35.2 Å². The Labute approximate surface area is 154 Å². The summed E-state index contributed by atoms with van der Waals surface area (Å²) >= 11 is 0. The summed E-state index contributed by atoms with van der Waals surface area (Å²) in [5, 5.41) is 8.93. The molecule has 1 aliphatic rings. The van der Waals surface area contributed by atoms with Gasteiger partial charge in [-0.25, -0.2) is 13.1 Å². The van der Waals surface area contributed by atoms with Crippen molar-refractivity contribution in [3.05, 3.63) is 54.1 Å². The number of nitrogens with one attached hydrogen (secondary N) is 1. The minimum Gasteiger partial charge on any atom is -0.495 e. The molecule has 1 heterocycles. The molecule has 136 valence electrons. The molecule has 1 saturated heterocycles. The lowest BCUT2D eigenvalue weighted by Gasteiger charge is -2.21. The first-order valence-electron chi connectivity index (χ1n) is 8.41. The second kappa shape index (κ2) is 7.77. The molecule has 0 saturated carbocycles. The predicted octanol–water partition coefficient (Wildman–Crippen LogP) is 2.37. The van der Waals surface area contributed by atoms with Gasteiger partial charge in [0.2, 0.25) is 10.0 Å². The first-order valence-corrected chi connectivity index (χ1v) is 9.89. The van der Waals surface area contributed by atoms with E-state index in [0.29, 0.717) is 12.1 Å². The molecule has 26 heavy (non-hydrogen) atoms. The van der Waals surface area contributed by atoms with Gasteiger partial charge in [0.15, 0.2) is 0 Å². The smallest absolute Gasteiger partial charge is 0.240 e. The first kappa shape index (κ1) is 18.2. The van der Waals surface area contributed by atoms with Gasteiger partial charge < -0.3 is 9.64 Å².